The summed E-state index contributed by atoms with van der Waals surface area (Å²) in [5, 5.41) is 7.41. The van der Waals surface area contributed by atoms with E-state index < -0.39 is 0 Å². The molecule has 0 aliphatic carbocycles. The lowest BCUT2D eigenvalue weighted by Gasteiger charge is -2.29. The Morgan fingerprint density at radius 1 is 0.912 bits per heavy atom. The van der Waals surface area contributed by atoms with Gasteiger partial charge in [-0.2, -0.15) is 5.10 Å². The number of hydrogen-bond donors (Lipinski definition) is 1. The normalized spacial score (nSPS) is 15.9. The van der Waals surface area contributed by atoms with Crippen molar-refractivity contribution in [1.82, 2.24) is 15.1 Å². The number of H-pyrrole nitrogens is 1. The molecule has 0 saturated carbocycles. The number of amides is 1. The molecule has 0 bridgehead atoms. The largest absolute Gasteiger partial charge is 0.367 e. The SMILES string of the molecule is CC(C)c1cc(C(=O)N2CCCCCCCCN(Cc3ccccc3)c3ccccc3C2)n[nH]1. The van der Waals surface area contributed by atoms with Crippen molar-refractivity contribution >= 4 is 11.6 Å². The van der Waals surface area contributed by atoms with Crippen LogP contribution in [-0.4, -0.2) is 34.1 Å². The molecule has 4 rings (SSSR count). The summed E-state index contributed by atoms with van der Waals surface area (Å²) in [5.41, 5.74) is 5.27. The second kappa shape index (κ2) is 11.9. The number of hydrogen-bond acceptors (Lipinski definition) is 3. The molecule has 0 fully saturated rings. The van der Waals surface area contributed by atoms with Crippen molar-refractivity contribution in [2.45, 2.75) is 71.4 Å². The van der Waals surface area contributed by atoms with E-state index in [1.165, 1.54) is 42.5 Å². The Hall–Kier alpha value is -3.08. The van der Waals surface area contributed by atoms with Crippen LogP contribution < -0.4 is 4.90 Å². The highest BCUT2D eigenvalue weighted by molar-refractivity contribution is 5.92. The number of aromatic amines is 1. The number of benzene rings is 2. The van der Waals surface area contributed by atoms with E-state index in [2.05, 4.69) is 83.5 Å². The zero-order valence-electron chi connectivity index (χ0n) is 20.7. The first kappa shape index (κ1) is 24.1. The summed E-state index contributed by atoms with van der Waals surface area (Å²) in [4.78, 5) is 18.0. The summed E-state index contributed by atoms with van der Waals surface area (Å²) < 4.78 is 0. The molecule has 1 amide bonds. The van der Waals surface area contributed by atoms with Crippen LogP contribution in [0.2, 0.25) is 0 Å². The summed E-state index contributed by atoms with van der Waals surface area (Å²) in [5.74, 6) is 0.332. The maximum absolute atomic E-state index is 13.5. The lowest BCUT2D eigenvalue weighted by molar-refractivity contribution is 0.0734. The van der Waals surface area contributed by atoms with Gasteiger partial charge in [0.2, 0.25) is 0 Å². The highest BCUT2D eigenvalue weighted by atomic mass is 16.2. The first-order valence-corrected chi connectivity index (χ1v) is 12.8. The van der Waals surface area contributed by atoms with Crippen LogP contribution in [0.1, 0.15) is 85.6 Å². The number of fused-ring (bicyclic) bond motifs is 1. The van der Waals surface area contributed by atoms with Crippen molar-refractivity contribution in [2.75, 3.05) is 18.0 Å². The molecule has 1 aliphatic heterocycles. The molecule has 3 aromatic rings. The van der Waals surface area contributed by atoms with Gasteiger partial charge < -0.3 is 9.80 Å². The van der Waals surface area contributed by atoms with Crippen LogP contribution in [0.5, 0.6) is 0 Å². The Morgan fingerprint density at radius 3 is 2.32 bits per heavy atom. The van der Waals surface area contributed by atoms with E-state index in [-0.39, 0.29) is 5.91 Å². The number of aromatic nitrogens is 2. The van der Waals surface area contributed by atoms with Crippen LogP contribution in [0.15, 0.2) is 60.7 Å². The van der Waals surface area contributed by atoms with Gasteiger partial charge in [-0.1, -0.05) is 88.1 Å². The van der Waals surface area contributed by atoms with Crippen molar-refractivity contribution in [3.8, 4) is 0 Å². The third-order valence-corrected chi connectivity index (χ3v) is 6.74. The molecule has 180 valence electrons. The van der Waals surface area contributed by atoms with Gasteiger partial charge in [0.15, 0.2) is 0 Å². The predicted molar refractivity (Wildman–Crippen MR) is 139 cm³/mol. The molecule has 1 N–H and O–H groups in total. The molecule has 2 aromatic carbocycles. The zero-order valence-corrected chi connectivity index (χ0v) is 20.7. The molecule has 0 atom stereocenters. The minimum Gasteiger partial charge on any atom is -0.367 e. The van der Waals surface area contributed by atoms with Crippen LogP contribution in [0.4, 0.5) is 5.69 Å². The van der Waals surface area contributed by atoms with E-state index in [4.69, 9.17) is 0 Å². The van der Waals surface area contributed by atoms with Crippen LogP contribution in [0, 0.1) is 0 Å². The summed E-state index contributed by atoms with van der Waals surface area (Å²) >= 11 is 0. The number of carbonyl (C=O) groups excluding carboxylic acids is 1. The molecule has 1 aliphatic rings. The molecule has 0 radical (unpaired) electrons. The summed E-state index contributed by atoms with van der Waals surface area (Å²) in [6.45, 7) is 7.48. The first-order valence-electron chi connectivity index (χ1n) is 12.8. The van der Waals surface area contributed by atoms with Crippen LogP contribution in [-0.2, 0) is 13.1 Å². The first-order chi connectivity index (χ1) is 16.6. The number of rotatable bonds is 4. The topological polar surface area (TPSA) is 52.2 Å². The lowest BCUT2D eigenvalue weighted by atomic mass is 10.1. The quantitative estimate of drug-likeness (QED) is 0.483. The van der Waals surface area contributed by atoms with Crippen LogP contribution >= 0.6 is 0 Å². The molecule has 1 aromatic heterocycles. The Kier molecular flexibility index (Phi) is 8.40. The van der Waals surface area contributed by atoms with E-state index >= 15 is 0 Å². The van der Waals surface area contributed by atoms with Crippen molar-refractivity contribution in [3.63, 3.8) is 0 Å². The minimum atomic E-state index is 0.0161. The van der Waals surface area contributed by atoms with Crippen molar-refractivity contribution in [2.24, 2.45) is 0 Å². The molecule has 34 heavy (non-hydrogen) atoms. The van der Waals surface area contributed by atoms with Gasteiger partial charge in [-0.15, -0.1) is 0 Å². The van der Waals surface area contributed by atoms with Crippen LogP contribution in [0.25, 0.3) is 0 Å². The van der Waals surface area contributed by atoms with E-state index in [9.17, 15) is 4.79 Å². The Bertz CT molecular complexity index is 1040. The fourth-order valence-electron chi connectivity index (χ4n) is 4.72. The van der Waals surface area contributed by atoms with E-state index in [1.54, 1.807) is 0 Å². The third kappa shape index (κ3) is 6.28. The summed E-state index contributed by atoms with van der Waals surface area (Å²) in [6, 6.07) is 21.2. The average molecular weight is 459 g/mol. The highest BCUT2D eigenvalue weighted by Gasteiger charge is 2.22. The average Bonchev–Trinajstić information content (AvgIpc) is 3.35. The maximum Gasteiger partial charge on any atom is 0.274 e. The van der Waals surface area contributed by atoms with E-state index in [0.29, 0.717) is 18.2 Å². The minimum absolute atomic E-state index is 0.0161. The van der Waals surface area contributed by atoms with E-state index in [0.717, 1.165) is 38.2 Å². The number of nitrogens with zero attached hydrogens (tertiary/aromatic N) is 3. The molecule has 5 nitrogen and oxygen atoms in total. The number of para-hydroxylation sites is 1. The number of anilines is 1. The zero-order chi connectivity index (χ0) is 23.8. The molecule has 0 saturated heterocycles. The van der Waals surface area contributed by atoms with Gasteiger partial charge in [-0.05, 0) is 42.0 Å². The van der Waals surface area contributed by atoms with Gasteiger partial charge in [-0.25, -0.2) is 0 Å². The Labute approximate surface area is 204 Å². The standard InChI is InChI=1S/C29H38N4O/c1-23(2)26-20-27(31-30-26)29(34)33-19-13-6-4-3-5-12-18-32(21-24-14-8-7-9-15-24)28-17-11-10-16-25(28)22-33/h7-11,14-17,20,23H,3-6,12-13,18-19,21-22H2,1-2H3,(H,30,31). The number of nitrogens with one attached hydrogen (secondary N) is 1. The van der Waals surface area contributed by atoms with Gasteiger partial charge in [0.1, 0.15) is 5.69 Å². The molecule has 0 spiro atoms. The smallest absolute Gasteiger partial charge is 0.274 e. The second-order valence-electron chi connectivity index (χ2n) is 9.75. The van der Waals surface area contributed by atoms with Crippen molar-refractivity contribution in [1.29, 1.82) is 0 Å². The maximum atomic E-state index is 13.5. The Morgan fingerprint density at radius 2 is 1.59 bits per heavy atom. The molecule has 5 heteroatoms. The fraction of sp³-hybridized carbons (Fsp3) is 0.448. The van der Waals surface area contributed by atoms with Gasteiger partial charge in [0.25, 0.3) is 5.91 Å². The van der Waals surface area contributed by atoms with Gasteiger partial charge in [0, 0.05) is 37.6 Å². The fourth-order valence-corrected chi connectivity index (χ4v) is 4.72. The molecular weight excluding hydrogens is 420 g/mol. The van der Waals surface area contributed by atoms with Gasteiger partial charge in [-0.3, -0.25) is 9.89 Å². The second-order valence-corrected chi connectivity index (χ2v) is 9.75. The van der Waals surface area contributed by atoms with Gasteiger partial charge in [0.05, 0.1) is 0 Å². The van der Waals surface area contributed by atoms with Crippen molar-refractivity contribution < 1.29 is 4.79 Å². The molecule has 0 unspecified atom stereocenters. The molecule has 2 heterocycles. The summed E-state index contributed by atoms with van der Waals surface area (Å²) in [6.07, 6.45) is 7.12. The Balaban J connectivity index is 1.63. The third-order valence-electron chi connectivity index (χ3n) is 6.74. The lowest BCUT2D eigenvalue weighted by Crippen LogP contribution is -2.33. The summed E-state index contributed by atoms with van der Waals surface area (Å²) in [7, 11) is 0. The number of carbonyl (C=O) groups is 1. The van der Waals surface area contributed by atoms with Gasteiger partial charge >= 0.3 is 0 Å². The van der Waals surface area contributed by atoms with Crippen LogP contribution in [0.3, 0.4) is 0 Å². The highest BCUT2D eigenvalue weighted by Crippen LogP contribution is 2.26. The predicted octanol–water partition coefficient (Wildman–Crippen LogP) is 6.54. The monoisotopic (exact) mass is 458 g/mol. The van der Waals surface area contributed by atoms with E-state index in [1.807, 2.05) is 11.0 Å². The van der Waals surface area contributed by atoms with Crippen molar-refractivity contribution in [3.05, 3.63) is 83.2 Å². The molecular formula is C29H38N4O.